The minimum atomic E-state index is -0.440. The first-order valence-electron chi connectivity index (χ1n) is 13.9. The molecule has 2 aromatic carbocycles. The fourth-order valence-corrected chi connectivity index (χ4v) is 6.09. The van der Waals surface area contributed by atoms with E-state index in [0.29, 0.717) is 50.1 Å². The summed E-state index contributed by atoms with van der Waals surface area (Å²) in [5.74, 6) is 0.441. The molecule has 7 nitrogen and oxygen atoms in total. The molecule has 204 valence electrons. The van der Waals surface area contributed by atoms with Crippen LogP contribution in [0.2, 0.25) is 0 Å². The van der Waals surface area contributed by atoms with Crippen molar-refractivity contribution in [2.75, 3.05) is 50.2 Å². The van der Waals surface area contributed by atoms with Crippen molar-refractivity contribution in [3.05, 3.63) is 56.1 Å². The average molecular weight is 516 g/mol. The molecule has 1 heterocycles. The van der Waals surface area contributed by atoms with Crippen LogP contribution in [0.1, 0.15) is 69.5 Å². The number of hydrogen-bond donors (Lipinski definition) is 2. The smallest absolute Gasteiger partial charge is 0.253 e. The lowest BCUT2D eigenvalue weighted by Crippen LogP contribution is -2.48. The molecular weight excluding hydrogens is 473 g/mol. The van der Waals surface area contributed by atoms with E-state index in [1.807, 2.05) is 4.90 Å². The number of methoxy groups -OCH3 is 1. The van der Waals surface area contributed by atoms with Gasteiger partial charge >= 0.3 is 0 Å². The monoisotopic (exact) mass is 515 g/mol. The van der Waals surface area contributed by atoms with Gasteiger partial charge in [-0.1, -0.05) is 44.2 Å². The normalized spacial score (nSPS) is 20.7. The molecule has 1 saturated heterocycles. The maximum absolute atomic E-state index is 13.6. The summed E-state index contributed by atoms with van der Waals surface area (Å²) in [5.41, 5.74) is 7.06. The largest absolute Gasteiger partial charge is 0.385 e. The Morgan fingerprint density at radius 3 is 2.51 bits per heavy atom. The number of nitrogens with zero attached hydrogens (tertiary/aromatic N) is 1. The van der Waals surface area contributed by atoms with Crippen LogP contribution in [0.5, 0.6) is 0 Å². The van der Waals surface area contributed by atoms with Crippen molar-refractivity contribution >= 4 is 11.4 Å². The summed E-state index contributed by atoms with van der Waals surface area (Å²) in [4.78, 5) is 27.4. The quantitative estimate of drug-likeness (QED) is 0.306. The number of ether oxygens (including phenoxy) is 2. The van der Waals surface area contributed by atoms with Crippen LogP contribution in [0.4, 0.5) is 15.8 Å². The standard InChI is InChI=1S/C29H42FN3O4/c1-36-15-6-16-37-29(21-10-12-23(30)13-11-21)22-9-5-14-33(19-22)26-25(27(34)28(26)35)32-24(18-31)17-20-7-3-2-4-8-20/h10-13,20,22,24,29,32H,2-9,14-19,31H2,1H3/t22-,24+,29+/m1/s1. The van der Waals surface area contributed by atoms with Gasteiger partial charge < -0.3 is 25.4 Å². The highest BCUT2D eigenvalue weighted by Gasteiger charge is 2.34. The Morgan fingerprint density at radius 2 is 1.81 bits per heavy atom. The minimum Gasteiger partial charge on any atom is -0.385 e. The van der Waals surface area contributed by atoms with Gasteiger partial charge in [-0.2, -0.15) is 0 Å². The molecule has 37 heavy (non-hydrogen) atoms. The summed E-state index contributed by atoms with van der Waals surface area (Å²) >= 11 is 0. The lowest BCUT2D eigenvalue weighted by Gasteiger charge is -2.39. The predicted octanol–water partition coefficient (Wildman–Crippen LogP) is 4.14. The van der Waals surface area contributed by atoms with Crippen LogP contribution < -0.4 is 26.8 Å². The number of hydrogen-bond acceptors (Lipinski definition) is 7. The Balaban J connectivity index is 1.47. The molecule has 4 rings (SSSR count). The molecule has 8 heteroatoms. The zero-order chi connectivity index (χ0) is 26.2. The molecule has 2 fully saturated rings. The molecule has 0 spiro atoms. The van der Waals surface area contributed by atoms with Crippen molar-refractivity contribution in [2.45, 2.75) is 69.9 Å². The zero-order valence-corrected chi connectivity index (χ0v) is 22.1. The molecular formula is C29H42FN3O4. The van der Waals surface area contributed by atoms with Crippen LogP contribution in [0.3, 0.4) is 0 Å². The fraction of sp³-hybridized carbons (Fsp3) is 0.655. The van der Waals surface area contributed by atoms with E-state index >= 15 is 0 Å². The maximum atomic E-state index is 13.6. The van der Waals surface area contributed by atoms with Crippen molar-refractivity contribution in [1.82, 2.24) is 0 Å². The van der Waals surface area contributed by atoms with Crippen LogP contribution >= 0.6 is 0 Å². The summed E-state index contributed by atoms with van der Waals surface area (Å²) in [5, 5.41) is 3.36. The molecule has 0 amide bonds. The van der Waals surface area contributed by atoms with Gasteiger partial charge in [0, 0.05) is 51.9 Å². The van der Waals surface area contributed by atoms with Gasteiger partial charge in [0.05, 0.1) is 6.10 Å². The van der Waals surface area contributed by atoms with Crippen molar-refractivity contribution in [3.63, 3.8) is 0 Å². The van der Waals surface area contributed by atoms with Crippen LogP contribution in [0.25, 0.3) is 0 Å². The topological polar surface area (TPSA) is 93.9 Å². The van der Waals surface area contributed by atoms with E-state index in [-0.39, 0.29) is 23.9 Å². The highest BCUT2D eigenvalue weighted by atomic mass is 19.1. The Labute approximate surface area is 219 Å². The number of nitrogens with one attached hydrogen (secondary N) is 1. The Bertz CT molecular complexity index is 1050. The molecule has 3 N–H and O–H groups in total. The van der Waals surface area contributed by atoms with Gasteiger partial charge in [-0.05, 0) is 49.3 Å². The van der Waals surface area contributed by atoms with E-state index in [0.717, 1.165) is 31.2 Å². The summed E-state index contributed by atoms with van der Waals surface area (Å²) in [6, 6.07) is 6.45. The van der Waals surface area contributed by atoms with Gasteiger partial charge in [0.1, 0.15) is 17.2 Å². The molecule has 0 bridgehead atoms. The number of rotatable bonds is 13. The van der Waals surface area contributed by atoms with E-state index in [1.54, 1.807) is 19.2 Å². The van der Waals surface area contributed by atoms with Crippen molar-refractivity contribution in [2.24, 2.45) is 17.6 Å². The molecule has 1 aliphatic carbocycles. The number of nitrogens with two attached hydrogens (primary N) is 1. The predicted molar refractivity (Wildman–Crippen MR) is 146 cm³/mol. The molecule has 0 radical (unpaired) electrons. The van der Waals surface area contributed by atoms with Crippen LogP contribution in [0.15, 0.2) is 33.9 Å². The molecule has 0 aromatic heterocycles. The highest BCUT2D eigenvalue weighted by Crippen LogP contribution is 2.36. The molecule has 1 saturated carbocycles. The Kier molecular flexibility index (Phi) is 10.1. The van der Waals surface area contributed by atoms with Crippen molar-refractivity contribution < 1.29 is 13.9 Å². The SMILES string of the molecule is COCCCO[C@@H](c1ccc(F)cc1)[C@@H]1CCCN(c2c(N[C@H](CN)CC3CCCCC3)c(=O)c2=O)C1. The molecule has 3 atom stereocenters. The molecule has 0 unspecified atom stereocenters. The summed E-state index contributed by atoms with van der Waals surface area (Å²) in [7, 11) is 1.66. The maximum Gasteiger partial charge on any atom is 0.253 e. The lowest BCUT2D eigenvalue weighted by molar-refractivity contribution is -0.00239. The second-order valence-corrected chi connectivity index (χ2v) is 10.7. The van der Waals surface area contributed by atoms with E-state index in [4.69, 9.17) is 15.2 Å². The number of benzene rings is 1. The Morgan fingerprint density at radius 1 is 1.05 bits per heavy atom. The first-order chi connectivity index (χ1) is 18.0. The number of halogens is 1. The molecule has 2 aliphatic rings. The average Bonchev–Trinajstić information content (AvgIpc) is 2.93. The van der Waals surface area contributed by atoms with E-state index in [9.17, 15) is 14.0 Å². The first kappa shape index (κ1) is 27.7. The first-order valence-corrected chi connectivity index (χ1v) is 13.9. The van der Waals surface area contributed by atoms with Crippen LogP contribution in [0, 0.1) is 17.7 Å². The molecule has 1 aliphatic heterocycles. The van der Waals surface area contributed by atoms with E-state index in [1.165, 1.54) is 44.2 Å². The van der Waals surface area contributed by atoms with Crippen LogP contribution in [-0.4, -0.2) is 46.0 Å². The minimum absolute atomic E-state index is 0.0122. The van der Waals surface area contributed by atoms with Gasteiger partial charge in [0.25, 0.3) is 10.9 Å². The third kappa shape index (κ3) is 6.98. The highest BCUT2D eigenvalue weighted by molar-refractivity contribution is 5.75. The summed E-state index contributed by atoms with van der Waals surface area (Å²) in [6.07, 6.45) is 9.49. The Hall–Kier alpha value is -2.29. The third-order valence-corrected chi connectivity index (χ3v) is 8.05. The van der Waals surface area contributed by atoms with E-state index in [2.05, 4.69) is 5.32 Å². The van der Waals surface area contributed by atoms with Gasteiger partial charge in [-0.25, -0.2) is 4.39 Å². The fourth-order valence-electron chi connectivity index (χ4n) is 6.09. The zero-order valence-electron chi connectivity index (χ0n) is 22.1. The number of piperidine rings is 1. The van der Waals surface area contributed by atoms with E-state index < -0.39 is 10.9 Å². The van der Waals surface area contributed by atoms with Gasteiger partial charge in [-0.3, -0.25) is 9.59 Å². The number of anilines is 2. The summed E-state index contributed by atoms with van der Waals surface area (Å²) in [6.45, 7) is 2.88. The van der Waals surface area contributed by atoms with Gasteiger partial charge in [0.2, 0.25) is 0 Å². The second-order valence-electron chi connectivity index (χ2n) is 10.7. The van der Waals surface area contributed by atoms with Crippen molar-refractivity contribution in [3.8, 4) is 0 Å². The van der Waals surface area contributed by atoms with Crippen molar-refractivity contribution in [1.29, 1.82) is 0 Å². The molecule has 2 aromatic rings. The summed E-state index contributed by atoms with van der Waals surface area (Å²) < 4.78 is 25.1. The third-order valence-electron chi connectivity index (χ3n) is 8.05. The second kappa shape index (κ2) is 13.5. The van der Waals surface area contributed by atoms with Gasteiger partial charge in [-0.15, -0.1) is 0 Å². The van der Waals surface area contributed by atoms with Gasteiger partial charge in [0.15, 0.2) is 0 Å². The lowest BCUT2D eigenvalue weighted by atomic mass is 9.84. The van der Waals surface area contributed by atoms with Crippen LogP contribution in [-0.2, 0) is 9.47 Å².